The summed E-state index contributed by atoms with van der Waals surface area (Å²) >= 11 is 7.57. The second-order valence-electron chi connectivity index (χ2n) is 8.08. The second kappa shape index (κ2) is 9.93. The van der Waals surface area contributed by atoms with E-state index in [0.29, 0.717) is 37.7 Å². The van der Waals surface area contributed by atoms with Gasteiger partial charge in [-0.25, -0.2) is 14.4 Å². The summed E-state index contributed by atoms with van der Waals surface area (Å²) in [5.41, 5.74) is 4.13. The molecule has 0 saturated carbocycles. The van der Waals surface area contributed by atoms with Crippen LogP contribution in [0.2, 0.25) is 5.02 Å². The van der Waals surface area contributed by atoms with Crippen LogP contribution < -0.4 is 5.32 Å². The molecule has 1 aliphatic carbocycles. The molecule has 178 valence electrons. The first-order chi connectivity index (χ1) is 16.6. The highest BCUT2D eigenvalue weighted by Crippen LogP contribution is 2.45. The first-order valence-corrected chi connectivity index (χ1v) is 12.3. The van der Waals surface area contributed by atoms with Gasteiger partial charge in [0, 0.05) is 41.5 Å². The monoisotopic (exact) mass is 502 g/mol. The van der Waals surface area contributed by atoms with Crippen LogP contribution in [-0.4, -0.2) is 67.7 Å². The van der Waals surface area contributed by atoms with Crippen molar-refractivity contribution in [1.82, 2.24) is 24.6 Å². The summed E-state index contributed by atoms with van der Waals surface area (Å²) in [5, 5.41) is 27.4. The number of nitrogens with one attached hydrogen (secondary N) is 1. The Morgan fingerprint density at radius 3 is 2.74 bits per heavy atom. The lowest BCUT2D eigenvalue weighted by Crippen LogP contribution is -2.33. The van der Waals surface area contributed by atoms with Crippen LogP contribution in [0.3, 0.4) is 0 Å². The molecule has 3 aromatic heterocycles. The van der Waals surface area contributed by atoms with Crippen molar-refractivity contribution in [3.63, 3.8) is 0 Å². The van der Waals surface area contributed by atoms with E-state index in [1.54, 1.807) is 23.5 Å². The van der Waals surface area contributed by atoms with Crippen molar-refractivity contribution >= 4 is 44.7 Å². The minimum atomic E-state index is -0.464. The second-order valence-corrected chi connectivity index (χ2v) is 9.49. The molecule has 0 fully saturated rings. The molecule has 34 heavy (non-hydrogen) atoms. The van der Waals surface area contributed by atoms with Crippen LogP contribution in [0.4, 0.5) is 15.9 Å². The van der Waals surface area contributed by atoms with Gasteiger partial charge >= 0.3 is 0 Å². The molecule has 5 rings (SSSR count). The molecule has 3 N–H and O–H groups in total. The van der Waals surface area contributed by atoms with Crippen molar-refractivity contribution in [1.29, 1.82) is 0 Å². The van der Waals surface area contributed by atoms with E-state index in [1.807, 2.05) is 15.8 Å². The van der Waals surface area contributed by atoms with Crippen LogP contribution in [0.5, 0.6) is 0 Å². The van der Waals surface area contributed by atoms with Gasteiger partial charge in [-0.15, -0.1) is 11.3 Å². The lowest BCUT2D eigenvalue weighted by Gasteiger charge is -2.21. The fourth-order valence-electron chi connectivity index (χ4n) is 4.41. The third-order valence-electron chi connectivity index (χ3n) is 6.04. The summed E-state index contributed by atoms with van der Waals surface area (Å²) in [6.07, 6.45) is 5.10. The predicted octanol–water partition coefficient (Wildman–Crippen LogP) is 3.48. The fourth-order valence-corrected chi connectivity index (χ4v) is 5.81. The molecule has 0 radical (unpaired) electrons. The molecule has 11 heteroatoms. The number of halogens is 2. The number of rotatable bonds is 9. The van der Waals surface area contributed by atoms with Crippen molar-refractivity contribution < 1.29 is 14.6 Å². The van der Waals surface area contributed by atoms with Gasteiger partial charge in [-0.2, -0.15) is 5.10 Å². The predicted molar refractivity (Wildman–Crippen MR) is 131 cm³/mol. The summed E-state index contributed by atoms with van der Waals surface area (Å²) in [7, 11) is 0. The van der Waals surface area contributed by atoms with Gasteiger partial charge in [-0.3, -0.25) is 9.58 Å². The third-order valence-corrected chi connectivity index (χ3v) is 7.50. The Bertz CT molecular complexity index is 1320. The highest BCUT2D eigenvalue weighted by molar-refractivity contribution is 7.22. The van der Waals surface area contributed by atoms with Crippen molar-refractivity contribution in [3.8, 4) is 10.4 Å². The van der Waals surface area contributed by atoms with Gasteiger partial charge in [0.05, 0.1) is 36.4 Å². The Balaban J connectivity index is 1.45. The van der Waals surface area contributed by atoms with Gasteiger partial charge < -0.3 is 15.5 Å². The Morgan fingerprint density at radius 1 is 1.15 bits per heavy atom. The molecule has 4 aromatic rings. The lowest BCUT2D eigenvalue weighted by atomic mass is 9.95. The fraction of sp³-hybridized carbons (Fsp3) is 0.348. The van der Waals surface area contributed by atoms with Crippen molar-refractivity contribution in [2.45, 2.75) is 19.4 Å². The first kappa shape index (κ1) is 23.1. The molecule has 1 aliphatic rings. The number of hydrogen-bond donors (Lipinski definition) is 3. The van der Waals surface area contributed by atoms with E-state index >= 15 is 0 Å². The Hall–Kier alpha value is -2.63. The molecule has 0 aliphatic heterocycles. The Kier molecular flexibility index (Phi) is 6.75. The van der Waals surface area contributed by atoms with Crippen LogP contribution in [-0.2, 0) is 19.4 Å². The van der Waals surface area contributed by atoms with E-state index in [-0.39, 0.29) is 18.2 Å². The normalized spacial score (nSPS) is 12.9. The zero-order chi connectivity index (χ0) is 23.7. The van der Waals surface area contributed by atoms with Gasteiger partial charge in [0.15, 0.2) is 0 Å². The number of aromatic nitrogens is 4. The molecule has 1 aromatic carbocycles. The largest absolute Gasteiger partial charge is 0.395 e. The van der Waals surface area contributed by atoms with Gasteiger partial charge in [-0.1, -0.05) is 11.6 Å². The SMILES string of the molecule is OCCN(CCO)CCn1ncc2c1CCc1c-2sc2ncnc(Nc3ccc(F)c(Cl)c3)c12. The standard InChI is InChI=1S/C23H24ClFN6O2S/c24-17-11-14(1-3-18(17)25)29-22-20-15-2-4-19-16(21(15)34-23(20)27-13-26-22)12-28-31(19)6-5-30(7-9-32)8-10-33/h1,3,11-13,32-33H,2,4-10H2,(H,26,27,29). The van der Waals surface area contributed by atoms with Crippen LogP contribution in [0, 0.1) is 5.82 Å². The topological polar surface area (TPSA) is 99.3 Å². The average molecular weight is 503 g/mol. The lowest BCUT2D eigenvalue weighted by molar-refractivity contribution is 0.156. The first-order valence-electron chi connectivity index (χ1n) is 11.1. The van der Waals surface area contributed by atoms with Crippen LogP contribution in [0.15, 0.2) is 30.7 Å². The maximum Gasteiger partial charge on any atom is 0.142 e. The summed E-state index contributed by atoms with van der Waals surface area (Å²) in [6, 6.07) is 4.50. The van der Waals surface area contributed by atoms with E-state index in [2.05, 4.69) is 20.4 Å². The average Bonchev–Trinajstić information content (AvgIpc) is 3.42. The zero-order valence-corrected chi connectivity index (χ0v) is 19.9. The number of aliphatic hydroxyl groups is 2. The number of thiophene rings is 1. The Labute approximate surface area is 204 Å². The van der Waals surface area contributed by atoms with Gasteiger partial charge in [0.25, 0.3) is 0 Å². The van der Waals surface area contributed by atoms with Crippen LogP contribution in [0.1, 0.15) is 11.3 Å². The van der Waals surface area contributed by atoms with Gasteiger partial charge in [-0.05, 0) is 36.6 Å². The number of nitrogens with zero attached hydrogens (tertiary/aromatic N) is 5. The molecule has 0 saturated heterocycles. The quantitative estimate of drug-likeness (QED) is 0.322. The maximum atomic E-state index is 13.6. The summed E-state index contributed by atoms with van der Waals surface area (Å²) < 4.78 is 15.6. The molecule has 0 spiro atoms. The van der Waals surface area contributed by atoms with E-state index in [4.69, 9.17) is 11.6 Å². The number of hydrogen-bond acceptors (Lipinski definition) is 8. The number of benzene rings is 1. The zero-order valence-electron chi connectivity index (χ0n) is 18.3. The van der Waals surface area contributed by atoms with E-state index < -0.39 is 5.82 Å². The smallest absolute Gasteiger partial charge is 0.142 e. The van der Waals surface area contributed by atoms with Crippen molar-refractivity contribution in [3.05, 3.63) is 52.8 Å². The highest BCUT2D eigenvalue weighted by Gasteiger charge is 2.27. The molecule has 0 bridgehead atoms. The van der Waals surface area contributed by atoms with E-state index in [9.17, 15) is 14.6 Å². The molecule has 8 nitrogen and oxygen atoms in total. The summed E-state index contributed by atoms with van der Waals surface area (Å²) in [6.45, 7) is 2.56. The van der Waals surface area contributed by atoms with Gasteiger partial charge in [0.1, 0.15) is 22.8 Å². The van der Waals surface area contributed by atoms with Crippen molar-refractivity contribution in [2.75, 3.05) is 38.2 Å². The molecular weight excluding hydrogens is 479 g/mol. The summed E-state index contributed by atoms with van der Waals surface area (Å²) in [4.78, 5) is 13.0. The van der Waals surface area contributed by atoms with Crippen LogP contribution >= 0.6 is 22.9 Å². The molecular formula is C23H24ClFN6O2S. The molecule has 0 atom stereocenters. The van der Waals surface area contributed by atoms with Crippen molar-refractivity contribution in [2.24, 2.45) is 0 Å². The molecule has 3 heterocycles. The minimum Gasteiger partial charge on any atom is -0.395 e. The number of anilines is 2. The third kappa shape index (κ3) is 4.39. The molecule has 0 unspecified atom stereocenters. The van der Waals surface area contributed by atoms with Gasteiger partial charge in [0.2, 0.25) is 0 Å². The Morgan fingerprint density at radius 2 is 1.97 bits per heavy atom. The summed E-state index contributed by atoms with van der Waals surface area (Å²) in [5.74, 6) is 0.206. The van der Waals surface area contributed by atoms with E-state index in [0.717, 1.165) is 33.5 Å². The van der Waals surface area contributed by atoms with Crippen LogP contribution in [0.25, 0.3) is 20.7 Å². The number of fused-ring (bicyclic) bond motifs is 5. The number of aliphatic hydroxyl groups excluding tert-OH is 2. The minimum absolute atomic E-state index is 0.0521. The molecule has 0 amide bonds. The number of aryl methyl sites for hydroxylation is 1. The maximum absolute atomic E-state index is 13.6. The highest BCUT2D eigenvalue weighted by atomic mass is 35.5. The van der Waals surface area contributed by atoms with E-state index in [1.165, 1.54) is 23.7 Å².